The lowest BCUT2D eigenvalue weighted by atomic mass is 9.74. The van der Waals surface area contributed by atoms with E-state index in [0.717, 1.165) is 4.90 Å². The number of Topliss-reactive ketones (excluding diaryl/α,β-unsaturated/α-hetero) is 1. The number of carbonyl (C=O) groups is 2. The Balaban J connectivity index is 1.76. The average molecular weight is 524 g/mol. The van der Waals surface area contributed by atoms with Crippen LogP contribution in [0, 0.1) is 17.2 Å². The quantitative estimate of drug-likeness (QED) is 0.319. The van der Waals surface area contributed by atoms with Gasteiger partial charge in [0.05, 0.1) is 18.3 Å². The fourth-order valence-corrected chi connectivity index (χ4v) is 4.99. The topological polar surface area (TPSA) is 94.4 Å². The van der Waals surface area contributed by atoms with Crippen molar-refractivity contribution in [3.63, 3.8) is 0 Å². The van der Waals surface area contributed by atoms with Crippen molar-refractivity contribution in [3.8, 4) is 0 Å². The van der Waals surface area contributed by atoms with Gasteiger partial charge in [0.2, 0.25) is 0 Å². The number of ketones is 1. The first-order valence-corrected chi connectivity index (χ1v) is 11.9. The molecule has 6 nitrogen and oxygen atoms in total. The molecular weight excluding hydrogens is 497 g/mol. The van der Waals surface area contributed by atoms with E-state index in [1.807, 2.05) is 0 Å². The van der Waals surface area contributed by atoms with Gasteiger partial charge in [0.25, 0.3) is 12.3 Å². The maximum atomic E-state index is 13.1. The Labute approximate surface area is 204 Å². The molecule has 194 valence electrons. The lowest BCUT2D eigenvalue weighted by Gasteiger charge is -2.34. The van der Waals surface area contributed by atoms with Gasteiger partial charge in [-0.3, -0.25) is 15.0 Å². The van der Waals surface area contributed by atoms with Crippen LogP contribution in [0.5, 0.6) is 0 Å². The smallest absolute Gasteiger partial charge is 0.393 e. The van der Waals surface area contributed by atoms with Gasteiger partial charge >= 0.3 is 6.18 Å². The van der Waals surface area contributed by atoms with Gasteiger partial charge in [-0.05, 0) is 56.6 Å². The molecule has 0 spiro atoms. The van der Waals surface area contributed by atoms with E-state index in [0.29, 0.717) is 51.0 Å². The van der Waals surface area contributed by atoms with E-state index in [-0.39, 0.29) is 42.9 Å². The first-order valence-electron chi connectivity index (χ1n) is 11.5. The highest BCUT2D eigenvalue weighted by Gasteiger charge is 2.37. The summed E-state index contributed by atoms with van der Waals surface area (Å²) in [5, 5.41) is 16.1. The molecule has 1 amide bonds. The normalized spacial score (nSPS) is 25.2. The van der Waals surface area contributed by atoms with Crippen molar-refractivity contribution in [3.05, 3.63) is 29.1 Å². The number of aliphatic hydroxyl groups is 1. The number of rotatable bonds is 5. The van der Waals surface area contributed by atoms with Gasteiger partial charge in [-0.15, -0.1) is 11.6 Å². The molecule has 1 aliphatic heterocycles. The lowest BCUT2D eigenvalue weighted by molar-refractivity contribution is -0.141. The highest BCUT2D eigenvalue weighted by molar-refractivity contribution is 6.49. The Kier molecular flexibility index (Phi) is 8.85. The third-order valence-electron chi connectivity index (χ3n) is 6.70. The second kappa shape index (κ2) is 11.3. The maximum absolute atomic E-state index is 13.1. The molecule has 35 heavy (non-hydrogen) atoms. The molecule has 0 bridgehead atoms. The molecule has 1 aliphatic carbocycles. The van der Waals surface area contributed by atoms with Crippen molar-refractivity contribution >= 4 is 29.0 Å². The van der Waals surface area contributed by atoms with E-state index < -0.39 is 46.5 Å². The number of halogens is 6. The molecule has 2 atom stereocenters. The second-order valence-corrected chi connectivity index (χ2v) is 9.59. The number of hydrogen-bond donors (Lipinski definition) is 2. The number of likely N-dealkylation sites (tertiary alicyclic amines) is 1. The Morgan fingerprint density at radius 2 is 1.80 bits per heavy atom. The highest BCUT2D eigenvalue weighted by Crippen LogP contribution is 2.36. The molecule has 2 aliphatic rings. The number of amides is 1. The van der Waals surface area contributed by atoms with Gasteiger partial charge in [-0.2, -0.15) is 13.2 Å². The number of aliphatic hydroxyl groups excluding tert-OH is 1. The van der Waals surface area contributed by atoms with Crippen LogP contribution in [-0.2, 0) is 15.8 Å². The molecule has 1 aromatic rings. The van der Waals surface area contributed by atoms with Crippen LogP contribution in [0.25, 0.3) is 0 Å². The summed E-state index contributed by atoms with van der Waals surface area (Å²) >= 11 is 6.09. The van der Waals surface area contributed by atoms with Crippen LogP contribution in [0.4, 0.5) is 22.0 Å². The number of nitrogens with one attached hydrogen (secondary N) is 1. The third kappa shape index (κ3) is 6.75. The Hall–Kier alpha value is -2.14. The monoisotopic (exact) mass is 523 g/mol. The predicted molar refractivity (Wildman–Crippen MR) is 117 cm³/mol. The van der Waals surface area contributed by atoms with Crippen molar-refractivity contribution < 1.29 is 36.6 Å². The molecule has 2 fully saturated rings. The molecule has 12 heteroatoms. The SMILES string of the molecule is N=C(C(=O)N1CCCCC(C2CCC(O)CC2)C(=O)C1)C(Cl)c1cc(C(F)F)cc(C(F)(F)F)n1. The third-order valence-corrected chi connectivity index (χ3v) is 7.15. The number of alkyl halides is 6. The minimum Gasteiger partial charge on any atom is -0.393 e. The zero-order valence-electron chi connectivity index (χ0n) is 18.8. The first-order chi connectivity index (χ1) is 16.4. The summed E-state index contributed by atoms with van der Waals surface area (Å²) in [4.78, 5) is 30.4. The average Bonchev–Trinajstić information content (AvgIpc) is 2.80. The molecule has 3 rings (SSSR count). The van der Waals surface area contributed by atoms with E-state index in [2.05, 4.69) is 4.98 Å². The largest absolute Gasteiger partial charge is 0.433 e. The number of carbonyl (C=O) groups excluding carboxylic acids is 2. The van der Waals surface area contributed by atoms with Crippen LogP contribution in [0.3, 0.4) is 0 Å². The van der Waals surface area contributed by atoms with Crippen LogP contribution in [-0.4, -0.2) is 51.6 Å². The van der Waals surface area contributed by atoms with E-state index >= 15 is 0 Å². The summed E-state index contributed by atoms with van der Waals surface area (Å²) in [5.41, 5.74) is -4.11. The predicted octanol–water partition coefficient (Wildman–Crippen LogP) is 5.09. The summed E-state index contributed by atoms with van der Waals surface area (Å²) in [5.74, 6) is -1.30. The lowest BCUT2D eigenvalue weighted by Crippen LogP contribution is -2.45. The fourth-order valence-electron chi connectivity index (χ4n) is 4.79. The summed E-state index contributed by atoms with van der Waals surface area (Å²) in [6.45, 7) is -0.113. The van der Waals surface area contributed by atoms with E-state index in [9.17, 15) is 36.6 Å². The van der Waals surface area contributed by atoms with E-state index in [1.54, 1.807) is 0 Å². The molecule has 0 aromatic carbocycles. The molecule has 1 saturated carbocycles. The number of aromatic nitrogens is 1. The minimum absolute atomic E-state index is 0.100. The summed E-state index contributed by atoms with van der Waals surface area (Å²) in [6, 6.07) is 0.843. The number of nitrogens with zero attached hydrogens (tertiary/aromatic N) is 2. The van der Waals surface area contributed by atoms with Gasteiger partial charge in [0.15, 0.2) is 5.78 Å². The molecule has 2 N–H and O–H groups in total. The Morgan fingerprint density at radius 1 is 1.14 bits per heavy atom. The van der Waals surface area contributed by atoms with Gasteiger partial charge in [-0.25, -0.2) is 13.8 Å². The van der Waals surface area contributed by atoms with Gasteiger partial charge in [-0.1, -0.05) is 6.42 Å². The van der Waals surface area contributed by atoms with Crippen LogP contribution < -0.4 is 0 Å². The van der Waals surface area contributed by atoms with Crippen LogP contribution in [0.15, 0.2) is 12.1 Å². The van der Waals surface area contributed by atoms with Crippen molar-refractivity contribution in [1.82, 2.24) is 9.88 Å². The van der Waals surface area contributed by atoms with E-state index in [1.165, 1.54) is 0 Å². The Bertz CT molecular complexity index is 951. The summed E-state index contributed by atoms with van der Waals surface area (Å²) < 4.78 is 65.7. The molecule has 2 unspecified atom stereocenters. The molecule has 1 aromatic heterocycles. The van der Waals surface area contributed by atoms with Crippen molar-refractivity contribution in [2.45, 2.75) is 69.0 Å². The van der Waals surface area contributed by atoms with Crippen LogP contribution in [0.1, 0.15) is 73.7 Å². The zero-order chi connectivity index (χ0) is 25.9. The van der Waals surface area contributed by atoms with Crippen LogP contribution in [0.2, 0.25) is 0 Å². The van der Waals surface area contributed by atoms with Gasteiger partial charge in [0, 0.05) is 18.0 Å². The molecule has 0 radical (unpaired) electrons. The van der Waals surface area contributed by atoms with Crippen molar-refractivity contribution in [2.24, 2.45) is 11.8 Å². The standard InChI is InChI=1S/C23H27ClF5N3O3/c24-19(16-9-13(21(25)26)10-18(31-16)23(27,28)29)20(30)22(35)32-8-2-1-3-15(17(34)11-32)12-4-6-14(33)7-5-12/h9-10,12,14-15,19,21,30,33H,1-8,11H2. The van der Waals surface area contributed by atoms with Crippen LogP contribution >= 0.6 is 11.6 Å². The van der Waals surface area contributed by atoms with Gasteiger partial charge < -0.3 is 10.0 Å². The molecule has 2 heterocycles. The first kappa shape index (κ1) is 27.4. The van der Waals surface area contributed by atoms with E-state index in [4.69, 9.17) is 17.0 Å². The fraction of sp³-hybridized carbons (Fsp3) is 0.652. The molecular formula is C23H27ClF5N3O3. The molecule has 1 saturated heterocycles. The number of hydrogen-bond acceptors (Lipinski definition) is 5. The summed E-state index contributed by atoms with van der Waals surface area (Å²) in [7, 11) is 0. The van der Waals surface area contributed by atoms with Crippen molar-refractivity contribution in [1.29, 1.82) is 5.41 Å². The minimum atomic E-state index is -5.03. The van der Waals surface area contributed by atoms with Gasteiger partial charge in [0.1, 0.15) is 16.8 Å². The number of pyridine rings is 1. The highest BCUT2D eigenvalue weighted by atomic mass is 35.5. The second-order valence-electron chi connectivity index (χ2n) is 9.15. The maximum Gasteiger partial charge on any atom is 0.433 e. The Morgan fingerprint density at radius 3 is 2.40 bits per heavy atom. The van der Waals surface area contributed by atoms with Crippen molar-refractivity contribution in [2.75, 3.05) is 13.1 Å². The zero-order valence-corrected chi connectivity index (χ0v) is 19.6. The summed E-state index contributed by atoms with van der Waals surface area (Å²) in [6.07, 6.45) is -4.10.